The van der Waals surface area contributed by atoms with Crippen molar-refractivity contribution in [1.82, 2.24) is 15.5 Å². The van der Waals surface area contributed by atoms with Gasteiger partial charge in [0.25, 0.3) is 0 Å². The van der Waals surface area contributed by atoms with Gasteiger partial charge in [-0.1, -0.05) is 36.9 Å². The molecule has 5 nitrogen and oxygen atoms in total. The van der Waals surface area contributed by atoms with Gasteiger partial charge in [-0.25, -0.2) is 0 Å². The van der Waals surface area contributed by atoms with E-state index in [0.29, 0.717) is 6.54 Å². The van der Waals surface area contributed by atoms with E-state index in [1.54, 1.807) is 7.11 Å². The number of aliphatic imine (C=N–C) groups is 1. The Morgan fingerprint density at radius 1 is 1.21 bits per heavy atom. The van der Waals surface area contributed by atoms with E-state index in [4.69, 9.17) is 4.74 Å². The van der Waals surface area contributed by atoms with Crippen molar-refractivity contribution in [2.45, 2.75) is 12.9 Å². The average Bonchev–Trinajstić information content (AvgIpc) is 2.63. The molecule has 5 heteroatoms. The van der Waals surface area contributed by atoms with Crippen LogP contribution in [0.2, 0.25) is 0 Å². The number of hydrogen-bond donors (Lipinski definition) is 2. The highest BCUT2D eigenvalue weighted by Crippen LogP contribution is 2.20. The maximum atomic E-state index is 5.42. The van der Waals surface area contributed by atoms with Gasteiger partial charge in [0.1, 0.15) is 5.84 Å². The van der Waals surface area contributed by atoms with E-state index >= 15 is 0 Å². The van der Waals surface area contributed by atoms with Gasteiger partial charge in [-0.05, 0) is 17.7 Å². The second kappa shape index (κ2) is 7.19. The Hall–Kier alpha value is -2.79. The lowest BCUT2D eigenvalue weighted by Crippen LogP contribution is -2.50. The molecule has 1 unspecified atom stereocenters. The lowest BCUT2D eigenvalue weighted by molar-refractivity contribution is 0.0695. The highest BCUT2D eigenvalue weighted by molar-refractivity contribution is 5.95. The third-order valence-corrected chi connectivity index (χ3v) is 3.91. The highest BCUT2D eigenvalue weighted by Gasteiger charge is 2.19. The topological polar surface area (TPSA) is 48.9 Å². The SMILES string of the molecule is C=C1C=CC(C2=CC(=NCc3ccccc3)NC(OC)N2)=CN1C. The van der Waals surface area contributed by atoms with Crippen LogP contribution in [0.1, 0.15) is 5.56 Å². The first-order chi connectivity index (χ1) is 11.7. The lowest BCUT2D eigenvalue weighted by atomic mass is 10.1. The van der Waals surface area contributed by atoms with Crippen LogP contribution in [0.3, 0.4) is 0 Å². The summed E-state index contributed by atoms with van der Waals surface area (Å²) in [4.78, 5) is 6.65. The Morgan fingerprint density at radius 3 is 2.71 bits per heavy atom. The van der Waals surface area contributed by atoms with E-state index in [-0.39, 0.29) is 6.35 Å². The smallest absolute Gasteiger partial charge is 0.206 e. The molecule has 0 fully saturated rings. The van der Waals surface area contributed by atoms with Gasteiger partial charge in [0.15, 0.2) is 0 Å². The zero-order chi connectivity index (χ0) is 16.9. The Bertz CT molecular complexity index is 731. The summed E-state index contributed by atoms with van der Waals surface area (Å²) in [6, 6.07) is 10.2. The monoisotopic (exact) mass is 322 g/mol. The molecule has 3 rings (SSSR count). The van der Waals surface area contributed by atoms with Crippen molar-refractivity contribution < 1.29 is 4.74 Å². The quantitative estimate of drug-likeness (QED) is 0.894. The summed E-state index contributed by atoms with van der Waals surface area (Å²) in [5, 5.41) is 6.53. The van der Waals surface area contributed by atoms with Crippen molar-refractivity contribution in [3.05, 3.63) is 83.9 Å². The maximum absolute atomic E-state index is 5.42. The standard InChI is InChI=1S/C19H22N4O/c1-14-9-10-16(13-23(14)2)17-11-18(22-19(21-17)24-3)20-12-15-7-5-4-6-8-15/h4-11,13,19,21H,1,12H2,2-3H3,(H,20,22). The van der Waals surface area contributed by atoms with Crippen LogP contribution >= 0.6 is 0 Å². The van der Waals surface area contributed by atoms with E-state index in [9.17, 15) is 0 Å². The molecular weight excluding hydrogens is 300 g/mol. The third-order valence-electron chi connectivity index (χ3n) is 3.91. The number of rotatable bonds is 4. The number of nitrogens with one attached hydrogen (secondary N) is 2. The average molecular weight is 322 g/mol. The molecule has 1 atom stereocenters. The zero-order valence-corrected chi connectivity index (χ0v) is 14.0. The molecule has 0 aliphatic carbocycles. The van der Waals surface area contributed by atoms with Gasteiger partial charge < -0.3 is 20.3 Å². The second-order valence-electron chi connectivity index (χ2n) is 5.67. The Balaban J connectivity index is 1.83. The molecule has 2 heterocycles. The fourth-order valence-corrected chi connectivity index (χ4v) is 2.46. The predicted octanol–water partition coefficient (Wildman–Crippen LogP) is 2.49. The number of likely N-dealkylation sites (N-methyl/N-ethyl adjacent to an activating group) is 1. The predicted molar refractivity (Wildman–Crippen MR) is 96.9 cm³/mol. The number of amidine groups is 1. The minimum atomic E-state index is -0.316. The van der Waals surface area contributed by atoms with Crippen LogP contribution in [-0.2, 0) is 11.3 Å². The van der Waals surface area contributed by atoms with Gasteiger partial charge in [0.05, 0.1) is 6.54 Å². The lowest BCUT2D eigenvalue weighted by Gasteiger charge is -2.29. The van der Waals surface area contributed by atoms with Gasteiger partial charge in [0.2, 0.25) is 6.35 Å². The largest absolute Gasteiger partial charge is 0.351 e. The summed E-state index contributed by atoms with van der Waals surface area (Å²) < 4.78 is 5.42. The number of nitrogens with zero attached hydrogens (tertiary/aromatic N) is 2. The van der Waals surface area contributed by atoms with Gasteiger partial charge in [-0.3, -0.25) is 4.99 Å². The van der Waals surface area contributed by atoms with E-state index in [1.807, 2.05) is 54.6 Å². The molecule has 2 N–H and O–H groups in total. The van der Waals surface area contributed by atoms with E-state index in [2.05, 4.69) is 34.3 Å². The zero-order valence-electron chi connectivity index (χ0n) is 14.0. The number of allylic oxidation sites excluding steroid dienone is 2. The third kappa shape index (κ3) is 3.75. The summed E-state index contributed by atoms with van der Waals surface area (Å²) in [7, 11) is 3.63. The fraction of sp³-hybridized carbons (Fsp3) is 0.211. The molecule has 2 aliphatic rings. The molecule has 1 aromatic carbocycles. The first kappa shape index (κ1) is 16.1. The number of benzene rings is 1. The van der Waals surface area contributed by atoms with Crippen molar-refractivity contribution in [3.63, 3.8) is 0 Å². The summed E-state index contributed by atoms with van der Waals surface area (Å²) in [5.41, 5.74) is 4.14. The second-order valence-corrected chi connectivity index (χ2v) is 5.67. The molecule has 0 spiro atoms. The molecule has 2 aliphatic heterocycles. The van der Waals surface area contributed by atoms with Crippen LogP contribution in [0.25, 0.3) is 0 Å². The van der Waals surface area contributed by atoms with Crippen LogP contribution in [0, 0.1) is 0 Å². The minimum Gasteiger partial charge on any atom is -0.351 e. The summed E-state index contributed by atoms with van der Waals surface area (Å²) in [6.07, 6.45) is 7.74. The molecule has 0 saturated carbocycles. The molecule has 0 aromatic heterocycles. The van der Waals surface area contributed by atoms with Crippen molar-refractivity contribution in [1.29, 1.82) is 0 Å². The van der Waals surface area contributed by atoms with E-state index in [0.717, 1.165) is 22.8 Å². The molecule has 0 amide bonds. The van der Waals surface area contributed by atoms with Gasteiger partial charge in [-0.15, -0.1) is 0 Å². The Labute approximate surface area is 142 Å². The van der Waals surface area contributed by atoms with Crippen LogP contribution in [0.15, 0.2) is 83.3 Å². The molecule has 124 valence electrons. The Morgan fingerprint density at radius 2 is 2.00 bits per heavy atom. The van der Waals surface area contributed by atoms with Gasteiger partial charge >= 0.3 is 0 Å². The van der Waals surface area contributed by atoms with Gasteiger partial charge in [0, 0.05) is 43.4 Å². The van der Waals surface area contributed by atoms with E-state index in [1.165, 1.54) is 5.56 Å². The van der Waals surface area contributed by atoms with Crippen molar-refractivity contribution in [3.8, 4) is 0 Å². The number of ether oxygens (including phenoxy) is 1. The van der Waals surface area contributed by atoms with Gasteiger partial charge in [-0.2, -0.15) is 0 Å². The minimum absolute atomic E-state index is 0.316. The summed E-state index contributed by atoms with van der Waals surface area (Å²) in [6.45, 7) is 4.60. The molecule has 0 saturated heterocycles. The van der Waals surface area contributed by atoms with E-state index < -0.39 is 0 Å². The normalized spacial score (nSPS) is 21.9. The first-order valence-electron chi connectivity index (χ1n) is 7.83. The van der Waals surface area contributed by atoms with Crippen LogP contribution in [-0.4, -0.2) is 31.2 Å². The fourth-order valence-electron chi connectivity index (χ4n) is 2.46. The van der Waals surface area contributed by atoms with Crippen molar-refractivity contribution in [2.75, 3.05) is 14.2 Å². The van der Waals surface area contributed by atoms with Crippen LogP contribution < -0.4 is 10.6 Å². The number of hydrogen-bond acceptors (Lipinski definition) is 4. The first-order valence-corrected chi connectivity index (χ1v) is 7.83. The molecule has 1 aromatic rings. The maximum Gasteiger partial charge on any atom is 0.206 e. The van der Waals surface area contributed by atoms with Crippen LogP contribution in [0.5, 0.6) is 0 Å². The highest BCUT2D eigenvalue weighted by atomic mass is 16.5. The summed E-state index contributed by atoms with van der Waals surface area (Å²) in [5.74, 6) is 0.792. The molecule has 0 radical (unpaired) electrons. The number of methoxy groups -OCH3 is 1. The Kier molecular flexibility index (Phi) is 4.82. The molecular formula is C19H22N4O. The molecule has 24 heavy (non-hydrogen) atoms. The van der Waals surface area contributed by atoms with Crippen molar-refractivity contribution in [2.24, 2.45) is 4.99 Å². The van der Waals surface area contributed by atoms with Crippen molar-refractivity contribution >= 4 is 5.84 Å². The summed E-state index contributed by atoms with van der Waals surface area (Å²) >= 11 is 0. The van der Waals surface area contributed by atoms with Crippen LogP contribution in [0.4, 0.5) is 0 Å². The molecule has 0 bridgehead atoms.